The van der Waals surface area contributed by atoms with Crippen molar-refractivity contribution in [2.75, 3.05) is 0 Å². The molecule has 164 valence electrons. The SMILES string of the molecule is Cc1cc(C)cc(-c2ccc3c(C45CCC(CC4)C5)c(C45CCC(CC4)C5)ccc3n2)c1. The molecule has 4 bridgehead atoms. The Kier molecular flexibility index (Phi) is 4.04. The van der Waals surface area contributed by atoms with Gasteiger partial charge in [0.25, 0.3) is 0 Å². The summed E-state index contributed by atoms with van der Waals surface area (Å²) in [6.45, 7) is 4.38. The molecular formula is C31H35N. The van der Waals surface area contributed by atoms with Gasteiger partial charge < -0.3 is 0 Å². The molecule has 0 amide bonds. The van der Waals surface area contributed by atoms with E-state index in [1.165, 1.54) is 91.8 Å². The lowest BCUT2D eigenvalue weighted by Gasteiger charge is -2.37. The lowest BCUT2D eigenvalue weighted by atomic mass is 9.67. The lowest BCUT2D eigenvalue weighted by molar-refractivity contribution is 0.385. The van der Waals surface area contributed by atoms with Gasteiger partial charge >= 0.3 is 0 Å². The van der Waals surface area contributed by atoms with E-state index in [9.17, 15) is 0 Å². The standard InChI is InChI=1S/C31H35N/c1-20-15-21(2)17-24(16-20)27-5-3-25-28(32-27)6-4-26(30-11-7-22(18-30)8-12-30)29(25)31-13-9-23(19-31)10-14-31/h3-6,15-17,22-23H,7-14,18-19H2,1-2H3. The molecule has 1 aromatic heterocycles. The van der Waals surface area contributed by atoms with Gasteiger partial charge in [-0.25, -0.2) is 4.98 Å². The summed E-state index contributed by atoms with van der Waals surface area (Å²) >= 11 is 0. The Hall–Kier alpha value is -2.15. The molecule has 4 aliphatic rings. The van der Waals surface area contributed by atoms with Crippen LogP contribution in [0, 0.1) is 25.7 Å². The van der Waals surface area contributed by atoms with Crippen LogP contribution in [-0.4, -0.2) is 4.98 Å². The van der Waals surface area contributed by atoms with Crippen LogP contribution in [-0.2, 0) is 10.8 Å². The van der Waals surface area contributed by atoms with Crippen LogP contribution >= 0.6 is 0 Å². The molecule has 0 radical (unpaired) electrons. The van der Waals surface area contributed by atoms with Crippen molar-refractivity contribution in [3.05, 3.63) is 64.7 Å². The second-order valence-electron chi connectivity index (χ2n) is 12.0. The minimum Gasteiger partial charge on any atom is -0.248 e. The molecule has 1 heteroatoms. The average molecular weight is 422 g/mol. The first-order valence-corrected chi connectivity index (χ1v) is 13.1. The van der Waals surface area contributed by atoms with Gasteiger partial charge in [0.15, 0.2) is 0 Å². The molecule has 0 unspecified atom stereocenters. The number of nitrogens with zero attached hydrogens (tertiary/aromatic N) is 1. The smallest absolute Gasteiger partial charge is 0.0712 e. The second kappa shape index (κ2) is 6.69. The van der Waals surface area contributed by atoms with Gasteiger partial charge in [0.2, 0.25) is 0 Å². The maximum absolute atomic E-state index is 5.27. The highest BCUT2D eigenvalue weighted by Gasteiger charge is 2.52. The summed E-state index contributed by atoms with van der Waals surface area (Å²) in [5, 5.41) is 1.47. The molecule has 4 aliphatic carbocycles. The monoisotopic (exact) mass is 421 g/mol. The molecule has 1 nitrogen and oxygen atoms in total. The van der Waals surface area contributed by atoms with Gasteiger partial charge in [-0.15, -0.1) is 0 Å². The van der Waals surface area contributed by atoms with Gasteiger partial charge in [-0.3, -0.25) is 0 Å². The van der Waals surface area contributed by atoms with E-state index in [4.69, 9.17) is 4.98 Å². The van der Waals surface area contributed by atoms with E-state index >= 15 is 0 Å². The van der Waals surface area contributed by atoms with Crippen LogP contribution < -0.4 is 0 Å². The number of benzene rings is 2. The fourth-order valence-corrected chi connectivity index (χ4v) is 8.61. The summed E-state index contributed by atoms with van der Waals surface area (Å²) in [5.74, 6) is 1.96. The first-order chi connectivity index (χ1) is 15.5. The molecule has 1 heterocycles. The summed E-state index contributed by atoms with van der Waals surface area (Å²) in [6, 6.07) is 16.5. The van der Waals surface area contributed by atoms with Crippen molar-refractivity contribution >= 4 is 10.9 Å². The van der Waals surface area contributed by atoms with E-state index in [0.29, 0.717) is 10.8 Å². The predicted octanol–water partition coefficient (Wildman–Crippen LogP) is 8.18. The van der Waals surface area contributed by atoms with Crippen LogP contribution in [0.5, 0.6) is 0 Å². The van der Waals surface area contributed by atoms with E-state index in [2.05, 4.69) is 56.3 Å². The number of fused-ring (bicyclic) bond motifs is 5. The van der Waals surface area contributed by atoms with Crippen LogP contribution in [0.3, 0.4) is 0 Å². The maximum atomic E-state index is 5.27. The Morgan fingerprint density at radius 1 is 0.719 bits per heavy atom. The molecular weight excluding hydrogens is 386 g/mol. The van der Waals surface area contributed by atoms with E-state index in [1.807, 2.05) is 0 Å². The third kappa shape index (κ3) is 2.72. The van der Waals surface area contributed by atoms with Gasteiger partial charge in [-0.2, -0.15) is 0 Å². The molecule has 0 atom stereocenters. The molecule has 0 spiro atoms. The summed E-state index contributed by atoms with van der Waals surface area (Å²) in [4.78, 5) is 5.27. The van der Waals surface area contributed by atoms with Gasteiger partial charge in [-0.1, -0.05) is 29.3 Å². The van der Waals surface area contributed by atoms with Crippen LogP contribution in [0.4, 0.5) is 0 Å². The molecule has 2 aromatic carbocycles. The Labute approximate surface area is 192 Å². The summed E-state index contributed by atoms with van der Waals surface area (Å²) in [5.41, 5.74) is 10.6. The summed E-state index contributed by atoms with van der Waals surface area (Å²) in [7, 11) is 0. The maximum Gasteiger partial charge on any atom is 0.0712 e. The Morgan fingerprint density at radius 2 is 1.34 bits per heavy atom. The molecule has 4 fully saturated rings. The number of aromatic nitrogens is 1. The van der Waals surface area contributed by atoms with Gasteiger partial charge in [0.1, 0.15) is 0 Å². The minimum absolute atomic E-state index is 0.429. The Balaban J connectivity index is 1.44. The topological polar surface area (TPSA) is 12.9 Å². The van der Waals surface area contributed by atoms with Crippen molar-refractivity contribution in [1.29, 1.82) is 0 Å². The zero-order valence-corrected chi connectivity index (χ0v) is 19.7. The fourth-order valence-electron chi connectivity index (χ4n) is 8.61. The van der Waals surface area contributed by atoms with Crippen molar-refractivity contribution in [3.8, 4) is 11.3 Å². The van der Waals surface area contributed by atoms with Crippen LogP contribution in [0.15, 0.2) is 42.5 Å². The normalized spacial score (nSPS) is 32.9. The van der Waals surface area contributed by atoms with Gasteiger partial charge in [0, 0.05) is 10.9 Å². The summed E-state index contributed by atoms with van der Waals surface area (Å²) < 4.78 is 0. The molecule has 4 saturated carbocycles. The third-order valence-corrected chi connectivity index (χ3v) is 9.97. The fraction of sp³-hybridized carbons (Fsp3) is 0.516. The van der Waals surface area contributed by atoms with Crippen LogP contribution in [0.1, 0.15) is 86.5 Å². The zero-order chi connectivity index (χ0) is 21.5. The van der Waals surface area contributed by atoms with E-state index in [-0.39, 0.29) is 0 Å². The lowest BCUT2D eigenvalue weighted by Crippen LogP contribution is -2.29. The number of rotatable bonds is 3. The van der Waals surface area contributed by atoms with E-state index < -0.39 is 0 Å². The summed E-state index contributed by atoms with van der Waals surface area (Å²) in [6.07, 6.45) is 14.3. The Morgan fingerprint density at radius 3 is 1.94 bits per heavy atom. The first kappa shape index (κ1) is 19.3. The average Bonchev–Trinajstić information content (AvgIpc) is 3.59. The van der Waals surface area contributed by atoms with Crippen molar-refractivity contribution in [2.45, 2.75) is 88.9 Å². The largest absolute Gasteiger partial charge is 0.248 e. The number of pyridine rings is 1. The zero-order valence-electron chi connectivity index (χ0n) is 19.7. The van der Waals surface area contributed by atoms with E-state index in [1.54, 1.807) is 11.1 Å². The van der Waals surface area contributed by atoms with E-state index in [0.717, 1.165) is 17.5 Å². The van der Waals surface area contributed by atoms with Crippen molar-refractivity contribution in [2.24, 2.45) is 11.8 Å². The van der Waals surface area contributed by atoms with Gasteiger partial charge in [0.05, 0.1) is 11.2 Å². The minimum atomic E-state index is 0.429. The highest BCUT2D eigenvalue weighted by Crippen LogP contribution is 2.62. The predicted molar refractivity (Wildman–Crippen MR) is 133 cm³/mol. The van der Waals surface area contributed by atoms with Gasteiger partial charge in [-0.05, 0) is 136 Å². The number of hydrogen-bond donors (Lipinski definition) is 0. The molecule has 0 saturated heterocycles. The number of aryl methyl sites for hydroxylation is 2. The first-order valence-electron chi connectivity index (χ1n) is 13.1. The molecule has 0 aliphatic heterocycles. The molecule has 7 rings (SSSR count). The molecule has 0 N–H and O–H groups in total. The third-order valence-electron chi connectivity index (χ3n) is 9.97. The molecule has 3 aromatic rings. The van der Waals surface area contributed by atoms with Crippen LogP contribution in [0.2, 0.25) is 0 Å². The Bertz CT molecular complexity index is 1200. The molecule has 32 heavy (non-hydrogen) atoms. The quantitative estimate of drug-likeness (QED) is 0.415. The van der Waals surface area contributed by atoms with Crippen LogP contribution in [0.25, 0.3) is 22.2 Å². The second-order valence-corrected chi connectivity index (χ2v) is 12.0. The van der Waals surface area contributed by atoms with Crippen molar-refractivity contribution in [3.63, 3.8) is 0 Å². The highest BCUT2D eigenvalue weighted by atomic mass is 14.7. The van der Waals surface area contributed by atoms with Crippen molar-refractivity contribution in [1.82, 2.24) is 4.98 Å². The number of hydrogen-bond acceptors (Lipinski definition) is 1. The van der Waals surface area contributed by atoms with Crippen molar-refractivity contribution < 1.29 is 0 Å². The highest BCUT2D eigenvalue weighted by molar-refractivity contribution is 5.87.